The van der Waals surface area contributed by atoms with Crippen LogP contribution >= 0.6 is 0 Å². The summed E-state index contributed by atoms with van der Waals surface area (Å²) >= 11 is 0. The summed E-state index contributed by atoms with van der Waals surface area (Å²) in [7, 11) is 0. The molecule has 6 amide bonds. The van der Waals surface area contributed by atoms with Crippen LogP contribution in [0.15, 0.2) is 115 Å². The van der Waals surface area contributed by atoms with E-state index in [0.717, 1.165) is 12.5 Å². The maximum Gasteiger partial charge on any atom is 0.363 e. The second-order valence-corrected chi connectivity index (χ2v) is 12.9. The Balaban J connectivity index is 1.40. The van der Waals surface area contributed by atoms with Crippen molar-refractivity contribution in [2.45, 2.75) is 57.5 Å². The van der Waals surface area contributed by atoms with Gasteiger partial charge < -0.3 is 26.3 Å². The lowest BCUT2D eigenvalue weighted by atomic mass is 9.89. The predicted octanol–water partition coefficient (Wildman–Crippen LogP) is 3.62. The van der Waals surface area contributed by atoms with Crippen molar-refractivity contribution in [3.05, 3.63) is 138 Å². The molecular weight excluding hydrogens is 708 g/mol. The van der Waals surface area contributed by atoms with Crippen molar-refractivity contribution in [1.29, 1.82) is 0 Å². The van der Waals surface area contributed by atoms with Crippen LogP contribution in [0, 0.1) is 0 Å². The number of carboxylic acid groups (broad SMARTS) is 1. The van der Waals surface area contributed by atoms with Crippen molar-refractivity contribution < 1.29 is 43.5 Å². The fraction of sp³-hybridized carbons (Fsp3) is 0.225. The summed E-state index contributed by atoms with van der Waals surface area (Å²) in [6, 6.07) is 27.1. The first-order valence-corrected chi connectivity index (χ1v) is 17.2. The highest BCUT2D eigenvalue weighted by molar-refractivity contribution is 6.15. The van der Waals surface area contributed by atoms with Crippen molar-refractivity contribution in [1.82, 2.24) is 20.6 Å². The minimum atomic E-state index is -2.05. The van der Waals surface area contributed by atoms with Crippen molar-refractivity contribution in [3.8, 4) is 0 Å². The van der Waals surface area contributed by atoms with E-state index in [9.17, 15) is 38.7 Å². The van der Waals surface area contributed by atoms with Crippen LogP contribution in [0.25, 0.3) is 0 Å². The van der Waals surface area contributed by atoms with E-state index < -0.39 is 59.6 Å². The molecule has 1 aliphatic rings. The molecule has 3 atom stereocenters. The maximum absolute atomic E-state index is 14.3. The Morgan fingerprint density at radius 3 is 1.82 bits per heavy atom. The molecule has 15 heteroatoms. The minimum Gasteiger partial charge on any atom is -0.481 e. The lowest BCUT2D eigenvalue weighted by molar-refractivity contribution is -0.186. The Kier molecular flexibility index (Phi) is 12.4. The summed E-state index contributed by atoms with van der Waals surface area (Å²) < 4.78 is 0. The molecule has 0 saturated carbocycles. The van der Waals surface area contributed by atoms with Crippen LogP contribution in [0.3, 0.4) is 0 Å². The van der Waals surface area contributed by atoms with Crippen LogP contribution in [0.1, 0.15) is 42.5 Å². The normalized spacial score (nSPS) is 16.2. The van der Waals surface area contributed by atoms with E-state index in [1.165, 1.54) is 36.1 Å². The van der Waals surface area contributed by atoms with Crippen LogP contribution in [0.5, 0.6) is 0 Å². The SMILES string of the molecule is CC(=O)[C@@H](C(=O)ON1C(=O)N(Cc2ccccc2)[C@](C)(c2ccc(CNC(=O)NCc3ccccc3)cc2)C1=O)N(C(=O)[C@@H](N)CC(=O)O)c1ccccc1. The number of carbonyl (C=O) groups is 7. The van der Waals surface area contributed by atoms with Gasteiger partial charge in [-0.2, -0.15) is 0 Å². The fourth-order valence-corrected chi connectivity index (χ4v) is 6.06. The van der Waals surface area contributed by atoms with Crippen molar-refractivity contribution in [2.75, 3.05) is 4.90 Å². The highest BCUT2D eigenvalue weighted by Crippen LogP contribution is 2.39. The van der Waals surface area contributed by atoms with Gasteiger partial charge in [-0.15, -0.1) is 0 Å². The van der Waals surface area contributed by atoms with Gasteiger partial charge in [-0.25, -0.2) is 14.4 Å². The molecule has 5 rings (SSSR count). The van der Waals surface area contributed by atoms with E-state index in [4.69, 9.17) is 10.6 Å². The quantitative estimate of drug-likeness (QED) is 0.103. The Bertz CT molecular complexity index is 2050. The van der Waals surface area contributed by atoms with Gasteiger partial charge >= 0.3 is 24.0 Å². The minimum absolute atomic E-state index is 0.0170. The topological polar surface area (TPSA) is 209 Å². The number of amides is 6. The van der Waals surface area contributed by atoms with Gasteiger partial charge in [-0.3, -0.25) is 29.0 Å². The highest BCUT2D eigenvalue weighted by Gasteiger charge is 2.58. The van der Waals surface area contributed by atoms with Gasteiger partial charge in [0.1, 0.15) is 5.54 Å². The summed E-state index contributed by atoms with van der Waals surface area (Å²) in [5, 5.41) is 15.1. The number of carbonyl (C=O) groups excluding carboxylic acids is 6. The van der Waals surface area contributed by atoms with E-state index in [0.29, 0.717) is 28.1 Å². The second kappa shape index (κ2) is 17.3. The molecule has 4 aromatic rings. The molecule has 1 saturated heterocycles. The lowest BCUT2D eigenvalue weighted by Crippen LogP contribution is -2.56. The van der Waals surface area contributed by atoms with E-state index in [1.54, 1.807) is 60.7 Å². The first-order chi connectivity index (χ1) is 26.3. The van der Waals surface area contributed by atoms with Gasteiger partial charge in [0, 0.05) is 25.3 Å². The summed E-state index contributed by atoms with van der Waals surface area (Å²) in [6.07, 6.45) is -0.811. The number of nitrogens with one attached hydrogen (secondary N) is 2. The Hall–Kier alpha value is -6.87. The zero-order chi connectivity index (χ0) is 39.7. The summed E-state index contributed by atoms with van der Waals surface area (Å²) in [5.74, 6) is -5.80. The largest absolute Gasteiger partial charge is 0.481 e. The molecule has 1 heterocycles. The third-order valence-corrected chi connectivity index (χ3v) is 9.03. The number of hydroxylamine groups is 2. The Morgan fingerprint density at radius 2 is 1.29 bits per heavy atom. The number of Topliss-reactive ketones (excluding diaryl/α,β-unsaturated/α-hetero) is 1. The third-order valence-electron chi connectivity index (χ3n) is 9.03. The number of carboxylic acids is 1. The predicted molar refractivity (Wildman–Crippen MR) is 198 cm³/mol. The number of imide groups is 1. The van der Waals surface area contributed by atoms with Gasteiger partial charge in [-0.1, -0.05) is 108 Å². The van der Waals surface area contributed by atoms with Gasteiger partial charge in [-0.05, 0) is 48.2 Å². The lowest BCUT2D eigenvalue weighted by Gasteiger charge is -2.32. The molecule has 4 aromatic carbocycles. The number of benzene rings is 4. The van der Waals surface area contributed by atoms with Crippen molar-refractivity contribution in [2.24, 2.45) is 5.73 Å². The molecule has 0 radical (unpaired) electrons. The van der Waals surface area contributed by atoms with E-state index >= 15 is 0 Å². The molecule has 55 heavy (non-hydrogen) atoms. The fourth-order valence-electron chi connectivity index (χ4n) is 6.06. The summed E-state index contributed by atoms with van der Waals surface area (Å²) in [6.45, 7) is 2.89. The molecule has 1 fully saturated rings. The van der Waals surface area contributed by atoms with Crippen LogP contribution in [0.2, 0.25) is 0 Å². The van der Waals surface area contributed by atoms with E-state index in [-0.39, 0.29) is 29.9 Å². The highest BCUT2D eigenvalue weighted by atomic mass is 16.7. The number of anilines is 1. The zero-order valence-corrected chi connectivity index (χ0v) is 30.1. The van der Waals surface area contributed by atoms with Gasteiger partial charge in [0.15, 0.2) is 11.8 Å². The number of rotatable bonds is 15. The first-order valence-electron chi connectivity index (χ1n) is 17.2. The maximum atomic E-state index is 14.3. The van der Waals surface area contributed by atoms with E-state index in [2.05, 4.69) is 10.6 Å². The second-order valence-electron chi connectivity index (χ2n) is 12.9. The standard InChI is InChI=1S/C40H40N6O9/c1-26(47)34(45(31-16-10-5-11-17-31)35(50)32(41)22-33(48)49)36(51)55-46-37(52)40(2,44(39(46)54)25-29-14-8-4-9-15-29)30-20-18-28(19-21-30)24-43-38(53)42-23-27-12-6-3-7-13-27/h3-21,32,34H,22-25,41H2,1-2H3,(H,48,49)(H2,42,43,53)/t32-,34-,40+/m0/s1. The monoisotopic (exact) mass is 748 g/mol. The smallest absolute Gasteiger partial charge is 0.363 e. The Morgan fingerprint density at radius 1 is 0.782 bits per heavy atom. The molecule has 0 unspecified atom stereocenters. The van der Waals surface area contributed by atoms with Crippen LogP contribution < -0.4 is 21.3 Å². The van der Waals surface area contributed by atoms with Gasteiger partial charge in [0.05, 0.1) is 12.5 Å². The molecular formula is C40H40N6O9. The molecule has 5 N–H and O–H groups in total. The number of ketones is 1. The Labute approximate surface area is 316 Å². The first kappa shape index (κ1) is 39.3. The number of urea groups is 2. The van der Waals surface area contributed by atoms with E-state index in [1.807, 2.05) is 30.3 Å². The number of nitrogens with two attached hydrogens (primary N) is 1. The third kappa shape index (κ3) is 9.03. The van der Waals surface area contributed by atoms with Crippen LogP contribution in [0.4, 0.5) is 15.3 Å². The molecule has 1 aliphatic heterocycles. The van der Waals surface area contributed by atoms with Gasteiger partial charge in [0.2, 0.25) is 5.91 Å². The number of aliphatic carboxylic acids is 1. The summed E-state index contributed by atoms with van der Waals surface area (Å²) in [4.78, 5) is 100. The molecule has 15 nitrogen and oxygen atoms in total. The molecule has 0 spiro atoms. The number of hydrogen-bond acceptors (Lipinski definition) is 9. The average Bonchev–Trinajstić information content (AvgIpc) is 3.35. The van der Waals surface area contributed by atoms with Crippen molar-refractivity contribution in [3.63, 3.8) is 0 Å². The van der Waals surface area contributed by atoms with Crippen molar-refractivity contribution >= 4 is 47.3 Å². The molecule has 0 aromatic heterocycles. The number of hydrogen-bond donors (Lipinski definition) is 4. The molecule has 0 aliphatic carbocycles. The van der Waals surface area contributed by atoms with Gasteiger partial charge in [0.25, 0.3) is 5.91 Å². The van der Waals surface area contributed by atoms with Crippen LogP contribution in [-0.2, 0) is 54.0 Å². The molecule has 284 valence electrons. The molecule has 0 bridgehead atoms. The zero-order valence-electron chi connectivity index (χ0n) is 30.1. The number of nitrogens with zero attached hydrogens (tertiary/aromatic N) is 3. The number of para-hydroxylation sites is 1. The average molecular weight is 749 g/mol. The van der Waals surface area contributed by atoms with Crippen LogP contribution in [-0.4, -0.2) is 68.8 Å². The summed E-state index contributed by atoms with van der Waals surface area (Å²) in [5.41, 5.74) is 6.79.